The molecule has 2 rings (SSSR count). The molecule has 1 heterocycles. The molecule has 1 saturated heterocycles. The van der Waals surface area contributed by atoms with Crippen LogP contribution in [0.3, 0.4) is 0 Å². The second-order valence-electron chi connectivity index (χ2n) is 4.54. The second-order valence-corrected chi connectivity index (χ2v) is 4.54. The molecule has 1 spiro atoms. The summed E-state index contributed by atoms with van der Waals surface area (Å²) in [7, 11) is 0. The van der Waals surface area contributed by atoms with E-state index in [1.807, 2.05) is 0 Å². The van der Waals surface area contributed by atoms with Crippen LogP contribution in [-0.2, 0) is 9.47 Å². The largest absolute Gasteiger partial charge is 0.355 e. The van der Waals surface area contributed by atoms with E-state index in [-0.39, 0.29) is 5.41 Å². The number of ether oxygens (including phenoxy) is 2. The van der Waals surface area contributed by atoms with Crippen LogP contribution in [0.25, 0.3) is 0 Å². The zero-order valence-electron chi connectivity index (χ0n) is 8.51. The lowest BCUT2D eigenvalue weighted by Gasteiger charge is -2.43. The fraction of sp³-hybridized carbons (Fsp3) is 0.818. The predicted octanol–water partition coefficient (Wildman–Crippen LogP) is 2.35. The van der Waals surface area contributed by atoms with Gasteiger partial charge in [0.25, 0.3) is 0 Å². The summed E-state index contributed by atoms with van der Waals surface area (Å²) in [4.78, 5) is 0. The molecule has 0 unspecified atom stereocenters. The van der Waals surface area contributed by atoms with E-state index >= 15 is 0 Å². The first-order chi connectivity index (χ1) is 6.23. The molecule has 74 valence electrons. The Bertz CT molecular complexity index is 214. The molecule has 2 nitrogen and oxygen atoms in total. The minimum absolute atomic E-state index is 0.276. The maximum Gasteiger partial charge on any atom is 0.146 e. The Morgan fingerprint density at radius 3 is 2.69 bits per heavy atom. The van der Waals surface area contributed by atoms with E-state index in [0.29, 0.717) is 12.7 Å². The van der Waals surface area contributed by atoms with Gasteiger partial charge in [0.2, 0.25) is 0 Å². The van der Waals surface area contributed by atoms with Crippen molar-refractivity contribution in [2.24, 2.45) is 11.3 Å². The van der Waals surface area contributed by atoms with Crippen molar-refractivity contribution in [2.45, 2.75) is 26.7 Å². The standard InChI is InChI=1S/C11H18O2/c1-9-3-4-11(10(2)5-9)6-12-8-13-7-11/h3,10H,4-8H2,1-2H3/t10-/m0/s1. The van der Waals surface area contributed by atoms with Crippen molar-refractivity contribution in [3.63, 3.8) is 0 Å². The molecule has 1 fully saturated rings. The predicted molar refractivity (Wildman–Crippen MR) is 51.4 cm³/mol. The lowest BCUT2D eigenvalue weighted by Crippen LogP contribution is -2.43. The van der Waals surface area contributed by atoms with Gasteiger partial charge in [0.05, 0.1) is 13.2 Å². The summed E-state index contributed by atoms with van der Waals surface area (Å²) in [6.45, 7) is 6.76. The Labute approximate surface area is 79.9 Å². The zero-order valence-corrected chi connectivity index (χ0v) is 8.51. The first-order valence-electron chi connectivity index (χ1n) is 5.04. The van der Waals surface area contributed by atoms with Crippen molar-refractivity contribution in [1.82, 2.24) is 0 Å². The molecular formula is C11H18O2. The number of allylic oxidation sites excluding steroid dienone is 2. The molecule has 13 heavy (non-hydrogen) atoms. The Morgan fingerprint density at radius 2 is 2.08 bits per heavy atom. The topological polar surface area (TPSA) is 18.5 Å². The smallest absolute Gasteiger partial charge is 0.146 e. The molecule has 0 aromatic heterocycles. The van der Waals surface area contributed by atoms with E-state index < -0.39 is 0 Å². The van der Waals surface area contributed by atoms with Gasteiger partial charge in [-0.25, -0.2) is 0 Å². The van der Waals surface area contributed by atoms with Crippen LogP contribution in [0, 0.1) is 11.3 Å². The third-order valence-electron chi connectivity index (χ3n) is 3.48. The summed E-state index contributed by atoms with van der Waals surface area (Å²) in [5.74, 6) is 0.692. The summed E-state index contributed by atoms with van der Waals surface area (Å²) in [5, 5.41) is 0. The third kappa shape index (κ3) is 1.65. The lowest BCUT2D eigenvalue weighted by atomic mass is 9.68. The first kappa shape index (κ1) is 9.22. The van der Waals surface area contributed by atoms with Gasteiger partial charge in [-0.2, -0.15) is 0 Å². The van der Waals surface area contributed by atoms with Crippen LogP contribution >= 0.6 is 0 Å². The van der Waals surface area contributed by atoms with Gasteiger partial charge in [-0.1, -0.05) is 18.6 Å². The summed E-state index contributed by atoms with van der Waals surface area (Å²) in [6.07, 6.45) is 4.67. The lowest BCUT2D eigenvalue weighted by molar-refractivity contribution is -0.180. The third-order valence-corrected chi connectivity index (χ3v) is 3.48. The van der Waals surface area contributed by atoms with Crippen LogP contribution in [0.1, 0.15) is 26.7 Å². The van der Waals surface area contributed by atoms with Crippen molar-refractivity contribution in [1.29, 1.82) is 0 Å². The Kier molecular flexibility index (Phi) is 2.43. The van der Waals surface area contributed by atoms with Crippen molar-refractivity contribution < 1.29 is 9.47 Å². The van der Waals surface area contributed by atoms with Gasteiger partial charge >= 0.3 is 0 Å². The molecule has 0 amide bonds. The summed E-state index contributed by atoms with van der Waals surface area (Å²) in [5.41, 5.74) is 1.79. The molecule has 1 atom stereocenters. The highest BCUT2D eigenvalue weighted by atomic mass is 16.7. The summed E-state index contributed by atoms with van der Waals surface area (Å²) < 4.78 is 10.8. The average Bonchev–Trinajstić information content (AvgIpc) is 2.14. The van der Waals surface area contributed by atoms with Crippen LogP contribution in [-0.4, -0.2) is 20.0 Å². The number of hydrogen-bond acceptors (Lipinski definition) is 2. The van der Waals surface area contributed by atoms with Crippen LogP contribution in [0.15, 0.2) is 11.6 Å². The molecular weight excluding hydrogens is 164 g/mol. The highest BCUT2D eigenvalue weighted by Gasteiger charge is 2.40. The van der Waals surface area contributed by atoms with Gasteiger partial charge in [-0.05, 0) is 25.7 Å². The molecule has 0 saturated carbocycles. The van der Waals surface area contributed by atoms with E-state index in [2.05, 4.69) is 19.9 Å². The van der Waals surface area contributed by atoms with Crippen molar-refractivity contribution in [3.8, 4) is 0 Å². The van der Waals surface area contributed by atoms with Crippen LogP contribution in [0.2, 0.25) is 0 Å². The quantitative estimate of drug-likeness (QED) is 0.535. The molecule has 2 heteroatoms. The molecule has 1 aliphatic heterocycles. The molecule has 2 aliphatic rings. The molecule has 0 N–H and O–H groups in total. The highest BCUT2D eigenvalue weighted by Crippen LogP contribution is 2.42. The van der Waals surface area contributed by atoms with E-state index in [4.69, 9.17) is 9.47 Å². The average molecular weight is 182 g/mol. The van der Waals surface area contributed by atoms with Gasteiger partial charge in [0.15, 0.2) is 0 Å². The highest BCUT2D eigenvalue weighted by molar-refractivity contribution is 5.10. The van der Waals surface area contributed by atoms with E-state index in [0.717, 1.165) is 19.6 Å². The number of rotatable bonds is 0. The fourth-order valence-electron chi connectivity index (χ4n) is 2.35. The van der Waals surface area contributed by atoms with Crippen LogP contribution in [0.5, 0.6) is 0 Å². The summed E-state index contributed by atoms with van der Waals surface area (Å²) in [6, 6.07) is 0. The van der Waals surface area contributed by atoms with E-state index in [9.17, 15) is 0 Å². The van der Waals surface area contributed by atoms with Gasteiger partial charge < -0.3 is 9.47 Å². The molecule has 0 bridgehead atoms. The van der Waals surface area contributed by atoms with Gasteiger partial charge in [0.1, 0.15) is 6.79 Å². The van der Waals surface area contributed by atoms with Crippen molar-refractivity contribution >= 4 is 0 Å². The van der Waals surface area contributed by atoms with E-state index in [1.54, 1.807) is 0 Å². The normalized spacial score (nSPS) is 33.1. The maximum absolute atomic E-state index is 5.42. The molecule has 0 radical (unpaired) electrons. The van der Waals surface area contributed by atoms with Crippen LogP contribution < -0.4 is 0 Å². The number of hydrogen-bond donors (Lipinski definition) is 0. The Balaban J connectivity index is 2.12. The Morgan fingerprint density at radius 1 is 1.38 bits per heavy atom. The van der Waals surface area contributed by atoms with E-state index in [1.165, 1.54) is 12.0 Å². The van der Waals surface area contributed by atoms with Crippen molar-refractivity contribution in [3.05, 3.63) is 11.6 Å². The van der Waals surface area contributed by atoms with Gasteiger partial charge in [0, 0.05) is 5.41 Å². The first-order valence-corrected chi connectivity index (χ1v) is 5.04. The minimum Gasteiger partial charge on any atom is -0.355 e. The Hall–Kier alpha value is -0.340. The van der Waals surface area contributed by atoms with Gasteiger partial charge in [-0.15, -0.1) is 0 Å². The van der Waals surface area contributed by atoms with Crippen molar-refractivity contribution in [2.75, 3.05) is 20.0 Å². The summed E-state index contributed by atoms with van der Waals surface area (Å²) >= 11 is 0. The minimum atomic E-state index is 0.276. The maximum atomic E-state index is 5.42. The molecule has 0 aromatic rings. The molecule has 0 aromatic carbocycles. The van der Waals surface area contributed by atoms with Crippen LogP contribution in [0.4, 0.5) is 0 Å². The zero-order chi connectivity index (χ0) is 9.31. The second kappa shape index (κ2) is 3.43. The van der Waals surface area contributed by atoms with Gasteiger partial charge in [-0.3, -0.25) is 0 Å². The molecule has 1 aliphatic carbocycles. The fourth-order valence-corrected chi connectivity index (χ4v) is 2.35. The monoisotopic (exact) mass is 182 g/mol. The SMILES string of the molecule is CC1=CCC2(COCOC2)[C@@H](C)C1.